The summed E-state index contributed by atoms with van der Waals surface area (Å²) in [5.41, 5.74) is 0.702. The van der Waals surface area contributed by atoms with Gasteiger partial charge in [0.15, 0.2) is 0 Å². The quantitative estimate of drug-likeness (QED) is 0.687. The highest BCUT2D eigenvalue weighted by molar-refractivity contribution is 9.10. The molecule has 0 spiro atoms. The molecule has 1 aromatic rings. The maximum atomic E-state index is 12.7. The third-order valence-corrected chi connectivity index (χ3v) is 4.41. The van der Waals surface area contributed by atoms with Crippen LogP contribution in [0.15, 0.2) is 22.7 Å². The largest absolute Gasteiger partial charge is 0.444 e. The van der Waals surface area contributed by atoms with Crippen molar-refractivity contribution in [1.29, 1.82) is 0 Å². The van der Waals surface area contributed by atoms with E-state index in [0.717, 1.165) is 10.5 Å². The number of aliphatic hydroxyl groups is 2. The minimum atomic E-state index is -1.39. The molecule has 1 saturated heterocycles. The van der Waals surface area contributed by atoms with Crippen molar-refractivity contribution in [1.82, 2.24) is 4.90 Å². The Morgan fingerprint density at radius 2 is 1.96 bits per heavy atom. The van der Waals surface area contributed by atoms with Crippen molar-refractivity contribution in [3.63, 3.8) is 0 Å². The Kier molecular flexibility index (Phi) is 5.75. The molecule has 25 heavy (non-hydrogen) atoms. The molecule has 1 aromatic carbocycles. The molecule has 0 bridgehead atoms. The van der Waals surface area contributed by atoms with Crippen LogP contribution in [-0.2, 0) is 9.53 Å². The Balaban J connectivity index is 2.22. The zero-order valence-corrected chi connectivity index (χ0v) is 16.2. The molecule has 3 N–H and O–H groups in total. The van der Waals surface area contributed by atoms with Gasteiger partial charge in [-0.25, -0.2) is 4.79 Å². The number of β-amino-alcohol motifs (C(OH)–C–C–N with tert-alkyl or cyclic N) is 1. The first-order chi connectivity index (χ1) is 11.5. The third-order valence-electron chi connectivity index (χ3n) is 3.71. The topological polar surface area (TPSA) is 99.1 Å². The molecule has 2 rings (SSSR count). The van der Waals surface area contributed by atoms with Crippen molar-refractivity contribution in [3.05, 3.63) is 28.2 Å². The fourth-order valence-corrected chi connectivity index (χ4v) is 2.91. The van der Waals surface area contributed by atoms with Gasteiger partial charge in [0, 0.05) is 4.47 Å². The Morgan fingerprint density at radius 3 is 2.56 bits per heavy atom. The minimum Gasteiger partial charge on any atom is -0.444 e. The van der Waals surface area contributed by atoms with E-state index >= 15 is 0 Å². The second-order valence-electron chi connectivity index (χ2n) is 7.11. The molecule has 0 aliphatic carbocycles. The van der Waals surface area contributed by atoms with Gasteiger partial charge in [-0.1, -0.05) is 6.07 Å². The van der Waals surface area contributed by atoms with Gasteiger partial charge in [-0.05, 0) is 61.3 Å². The van der Waals surface area contributed by atoms with E-state index in [1.54, 1.807) is 32.9 Å². The minimum absolute atomic E-state index is 0.177. The standard InChI is InChI=1S/C17H23BrN2O5/c1-9-5-6-10(18)11(7-9)19-15(23)13-14(22)12(21)8-20(13)16(24)25-17(2,3)4/h5-7,12-14,21-22H,8H2,1-4H3,(H,19,23)/t12-,13-,14-/m0/s1. The van der Waals surface area contributed by atoms with E-state index in [9.17, 15) is 19.8 Å². The Labute approximate surface area is 155 Å². The van der Waals surface area contributed by atoms with E-state index in [2.05, 4.69) is 21.2 Å². The molecule has 3 atom stereocenters. The second kappa shape index (κ2) is 7.31. The van der Waals surface area contributed by atoms with Gasteiger partial charge in [-0.3, -0.25) is 9.69 Å². The van der Waals surface area contributed by atoms with Crippen molar-refractivity contribution in [2.75, 3.05) is 11.9 Å². The van der Waals surface area contributed by atoms with Crippen LogP contribution in [0.3, 0.4) is 0 Å². The molecule has 138 valence electrons. The van der Waals surface area contributed by atoms with E-state index in [4.69, 9.17) is 4.74 Å². The fourth-order valence-electron chi connectivity index (χ4n) is 2.56. The molecular formula is C17H23BrN2O5. The van der Waals surface area contributed by atoms with E-state index in [0.29, 0.717) is 10.2 Å². The molecule has 1 heterocycles. The molecule has 0 aromatic heterocycles. The normalized spacial score (nSPS) is 23.5. The molecule has 1 fully saturated rings. The van der Waals surface area contributed by atoms with Gasteiger partial charge in [0.05, 0.1) is 12.2 Å². The van der Waals surface area contributed by atoms with Gasteiger partial charge in [-0.15, -0.1) is 0 Å². The average Bonchev–Trinajstić information content (AvgIpc) is 2.77. The summed E-state index contributed by atoms with van der Waals surface area (Å²) >= 11 is 3.35. The summed E-state index contributed by atoms with van der Waals surface area (Å²) < 4.78 is 5.94. The van der Waals surface area contributed by atoms with E-state index in [1.165, 1.54) is 0 Å². The highest BCUT2D eigenvalue weighted by Gasteiger charge is 2.48. The lowest BCUT2D eigenvalue weighted by Gasteiger charge is -2.28. The van der Waals surface area contributed by atoms with Crippen LogP contribution >= 0.6 is 15.9 Å². The molecule has 1 aliphatic rings. The number of benzene rings is 1. The van der Waals surface area contributed by atoms with Crippen LogP contribution < -0.4 is 5.32 Å². The number of anilines is 1. The molecule has 1 aliphatic heterocycles. The fraction of sp³-hybridized carbons (Fsp3) is 0.529. The number of carbonyl (C=O) groups excluding carboxylic acids is 2. The molecule has 8 heteroatoms. The summed E-state index contributed by atoms with van der Waals surface area (Å²) in [7, 11) is 0. The number of amides is 2. The number of aryl methyl sites for hydroxylation is 1. The Hall–Kier alpha value is -1.64. The molecule has 2 amide bonds. The van der Waals surface area contributed by atoms with Crippen molar-refractivity contribution in [2.45, 2.75) is 51.5 Å². The summed E-state index contributed by atoms with van der Waals surface area (Å²) in [6, 6.07) is 4.19. The van der Waals surface area contributed by atoms with Gasteiger partial charge in [0.1, 0.15) is 23.9 Å². The second-order valence-corrected chi connectivity index (χ2v) is 7.96. The zero-order chi connectivity index (χ0) is 18.9. The number of aliphatic hydroxyl groups excluding tert-OH is 2. The summed E-state index contributed by atoms with van der Waals surface area (Å²) in [6.07, 6.45) is -3.37. The number of nitrogens with one attached hydrogen (secondary N) is 1. The van der Waals surface area contributed by atoms with Crippen molar-refractivity contribution < 1.29 is 24.5 Å². The maximum absolute atomic E-state index is 12.7. The van der Waals surface area contributed by atoms with Crippen LogP contribution in [-0.4, -0.2) is 57.5 Å². The first kappa shape index (κ1) is 19.7. The number of hydrogen-bond donors (Lipinski definition) is 3. The lowest BCUT2D eigenvalue weighted by atomic mass is 10.1. The summed E-state index contributed by atoms with van der Waals surface area (Å²) in [6.45, 7) is 6.80. The average molecular weight is 415 g/mol. The number of halogens is 1. The Bertz CT molecular complexity index is 673. The number of ether oxygens (including phenoxy) is 1. The van der Waals surface area contributed by atoms with Crippen LogP contribution in [0.1, 0.15) is 26.3 Å². The summed E-state index contributed by atoms with van der Waals surface area (Å²) in [5.74, 6) is -0.596. The van der Waals surface area contributed by atoms with E-state index in [1.807, 2.05) is 13.0 Å². The van der Waals surface area contributed by atoms with E-state index < -0.39 is 35.9 Å². The van der Waals surface area contributed by atoms with Crippen LogP contribution in [0.2, 0.25) is 0 Å². The monoisotopic (exact) mass is 414 g/mol. The van der Waals surface area contributed by atoms with Crippen LogP contribution in [0.5, 0.6) is 0 Å². The molecular weight excluding hydrogens is 392 g/mol. The first-order valence-electron chi connectivity index (χ1n) is 7.92. The van der Waals surface area contributed by atoms with Gasteiger partial charge in [0.25, 0.3) is 0 Å². The van der Waals surface area contributed by atoms with Gasteiger partial charge >= 0.3 is 6.09 Å². The SMILES string of the molecule is Cc1ccc(Br)c(NC(=O)[C@@H]2[C@@H](O)[C@@H](O)CN2C(=O)OC(C)(C)C)c1. The number of carbonyl (C=O) groups is 2. The molecule has 0 radical (unpaired) electrons. The number of likely N-dealkylation sites (tertiary alicyclic amines) is 1. The highest BCUT2D eigenvalue weighted by atomic mass is 79.9. The first-order valence-corrected chi connectivity index (χ1v) is 8.71. The van der Waals surface area contributed by atoms with Crippen molar-refractivity contribution >= 4 is 33.6 Å². The van der Waals surface area contributed by atoms with Crippen molar-refractivity contribution in [2.24, 2.45) is 0 Å². The maximum Gasteiger partial charge on any atom is 0.411 e. The lowest BCUT2D eigenvalue weighted by Crippen LogP contribution is -2.49. The van der Waals surface area contributed by atoms with Crippen LogP contribution in [0.25, 0.3) is 0 Å². The van der Waals surface area contributed by atoms with Crippen LogP contribution in [0.4, 0.5) is 10.5 Å². The Morgan fingerprint density at radius 1 is 1.32 bits per heavy atom. The smallest absolute Gasteiger partial charge is 0.411 e. The summed E-state index contributed by atoms with van der Waals surface area (Å²) in [4.78, 5) is 26.1. The number of rotatable bonds is 2. The number of hydrogen-bond acceptors (Lipinski definition) is 5. The van der Waals surface area contributed by atoms with Crippen LogP contribution in [0, 0.1) is 6.92 Å². The molecule has 0 unspecified atom stereocenters. The third kappa shape index (κ3) is 4.71. The zero-order valence-electron chi connectivity index (χ0n) is 14.6. The highest BCUT2D eigenvalue weighted by Crippen LogP contribution is 2.27. The van der Waals surface area contributed by atoms with E-state index in [-0.39, 0.29) is 6.54 Å². The summed E-state index contributed by atoms with van der Waals surface area (Å²) in [5, 5.41) is 22.8. The predicted molar refractivity (Wildman–Crippen MR) is 96.3 cm³/mol. The predicted octanol–water partition coefficient (Wildman–Crippen LogP) is 2.04. The van der Waals surface area contributed by atoms with Gasteiger partial charge in [-0.2, -0.15) is 0 Å². The van der Waals surface area contributed by atoms with Crippen molar-refractivity contribution in [3.8, 4) is 0 Å². The molecule has 7 nitrogen and oxygen atoms in total. The van der Waals surface area contributed by atoms with Gasteiger partial charge in [0.2, 0.25) is 5.91 Å². The number of nitrogens with zero attached hydrogens (tertiary/aromatic N) is 1. The lowest BCUT2D eigenvalue weighted by molar-refractivity contribution is -0.123. The van der Waals surface area contributed by atoms with Gasteiger partial charge < -0.3 is 20.3 Å². The molecule has 0 saturated carbocycles.